The van der Waals surface area contributed by atoms with E-state index < -0.39 is 0 Å². The molecular weight excluding hydrogens is 268 g/mol. The molecule has 4 rings (SSSR count). The van der Waals surface area contributed by atoms with E-state index in [2.05, 4.69) is 20.5 Å². The van der Waals surface area contributed by atoms with E-state index in [-0.39, 0.29) is 11.8 Å². The molecule has 2 aromatic rings. The number of carbonyl (C=O) groups is 1. The summed E-state index contributed by atoms with van der Waals surface area (Å²) in [5.41, 5.74) is 3.84. The van der Waals surface area contributed by atoms with Crippen molar-refractivity contribution in [3.63, 3.8) is 0 Å². The average Bonchev–Trinajstić information content (AvgIpc) is 3.05. The molecule has 1 aliphatic heterocycles. The van der Waals surface area contributed by atoms with Gasteiger partial charge in [-0.1, -0.05) is 0 Å². The fourth-order valence-corrected chi connectivity index (χ4v) is 3.17. The molecule has 7 nitrogen and oxygen atoms in total. The monoisotopic (exact) mass is 284 g/mol. The van der Waals surface area contributed by atoms with Crippen molar-refractivity contribution in [3.05, 3.63) is 35.1 Å². The number of rotatable bonds is 1. The van der Waals surface area contributed by atoms with Crippen molar-refractivity contribution in [1.82, 2.24) is 24.5 Å². The highest BCUT2D eigenvalue weighted by Gasteiger charge is 2.37. The number of ketones is 1. The van der Waals surface area contributed by atoms with Gasteiger partial charge in [0.25, 0.3) is 0 Å². The lowest BCUT2D eigenvalue weighted by molar-refractivity contribution is -0.116. The maximum absolute atomic E-state index is 12.5. The second-order valence-electron chi connectivity index (χ2n) is 5.53. The van der Waals surface area contributed by atoms with Gasteiger partial charge in [-0.2, -0.15) is 15.2 Å². The lowest BCUT2D eigenvalue weighted by Gasteiger charge is -2.31. The van der Waals surface area contributed by atoms with Gasteiger partial charge in [-0.05, 0) is 19.8 Å². The molecule has 0 saturated carbocycles. The zero-order valence-electron chi connectivity index (χ0n) is 12.0. The Morgan fingerprint density at radius 2 is 2.19 bits per heavy atom. The Labute approximate surface area is 121 Å². The van der Waals surface area contributed by atoms with Crippen LogP contribution in [0.15, 0.2) is 23.8 Å². The maximum Gasteiger partial charge on any atom is 0.226 e. The highest BCUT2D eigenvalue weighted by Crippen LogP contribution is 2.40. The fourth-order valence-electron chi connectivity index (χ4n) is 3.17. The quantitative estimate of drug-likeness (QED) is 0.855. The first-order valence-corrected chi connectivity index (χ1v) is 7.08. The molecule has 1 atom stereocenters. The minimum atomic E-state index is -0.222. The fraction of sp³-hybridized carbons (Fsp3) is 0.429. The molecule has 0 amide bonds. The zero-order chi connectivity index (χ0) is 14.6. The van der Waals surface area contributed by atoms with Crippen LogP contribution in [0.2, 0.25) is 0 Å². The molecule has 0 saturated heterocycles. The standard InChI is InChI=1S/C14H16N6O/c1-8-9(6-16-19(8)2)13-12-10(4-3-5-11(12)21)18-14-15-7-17-20(13)14/h6-7,13H,3-5H2,1-2H3,(H,15,17,18). The van der Waals surface area contributed by atoms with Crippen molar-refractivity contribution < 1.29 is 4.79 Å². The van der Waals surface area contributed by atoms with Crippen LogP contribution >= 0.6 is 0 Å². The summed E-state index contributed by atoms with van der Waals surface area (Å²) in [7, 11) is 1.90. The number of nitrogens with zero attached hydrogens (tertiary/aromatic N) is 5. The lowest BCUT2D eigenvalue weighted by Crippen LogP contribution is -2.31. The first-order valence-electron chi connectivity index (χ1n) is 7.08. The van der Waals surface area contributed by atoms with Crippen LogP contribution in [0.3, 0.4) is 0 Å². The number of anilines is 1. The Morgan fingerprint density at radius 1 is 1.33 bits per heavy atom. The van der Waals surface area contributed by atoms with Gasteiger partial charge in [0.05, 0.1) is 6.20 Å². The van der Waals surface area contributed by atoms with Crippen molar-refractivity contribution in [2.75, 3.05) is 5.32 Å². The predicted octanol–water partition coefficient (Wildman–Crippen LogP) is 1.34. The predicted molar refractivity (Wildman–Crippen MR) is 75.6 cm³/mol. The molecule has 7 heteroatoms. The van der Waals surface area contributed by atoms with Crippen LogP contribution in [-0.2, 0) is 11.8 Å². The van der Waals surface area contributed by atoms with Crippen LogP contribution in [0.25, 0.3) is 0 Å². The van der Waals surface area contributed by atoms with E-state index in [0.29, 0.717) is 12.4 Å². The molecular formula is C14H16N6O. The number of fused-ring (bicyclic) bond motifs is 1. The van der Waals surface area contributed by atoms with Crippen molar-refractivity contribution in [2.45, 2.75) is 32.2 Å². The summed E-state index contributed by atoms with van der Waals surface area (Å²) in [6.07, 6.45) is 5.70. The van der Waals surface area contributed by atoms with Gasteiger partial charge in [-0.15, -0.1) is 0 Å². The van der Waals surface area contributed by atoms with Gasteiger partial charge in [-0.3, -0.25) is 9.48 Å². The summed E-state index contributed by atoms with van der Waals surface area (Å²) >= 11 is 0. The summed E-state index contributed by atoms with van der Waals surface area (Å²) in [6, 6.07) is -0.222. The van der Waals surface area contributed by atoms with Crippen LogP contribution in [0.1, 0.15) is 36.6 Å². The molecule has 0 bridgehead atoms. The highest BCUT2D eigenvalue weighted by molar-refractivity contribution is 5.99. The van der Waals surface area contributed by atoms with Crippen molar-refractivity contribution >= 4 is 11.7 Å². The highest BCUT2D eigenvalue weighted by atomic mass is 16.1. The van der Waals surface area contributed by atoms with E-state index in [1.54, 1.807) is 4.68 Å². The zero-order valence-corrected chi connectivity index (χ0v) is 12.0. The normalized spacial score (nSPS) is 21.0. The number of hydrogen-bond acceptors (Lipinski definition) is 5. The molecule has 1 unspecified atom stereocenters. The van der Waals surface area contributed by atoms with Gasteiger partial charge < -0.3 is 5.32 Å². The average molecular weight is 284 g/mol. The summed E-state index contributed by atoms with van der Waals surface area (Å²) in [5, 5.41) is 11.9. The first kappa shape index (κ1) is 12.3. The van der Waals surface area contributed by atoms with Gasteiger partial charge in [0.1, 0.15) is 12.4 Å². The van der Waals surface area contributed by atoms with E-state index in [9.17, 15) is 4.79 Å². The van der Waals surface area contributed by atoms with Crippen molar-refractivity contribution in [1.29, 1.82) is 0 Å². The first-order chi connectivity index (χ1) is 10.2. The molecule has 0 radical (unpaired) electrons. The Kier molecular flexibility index (Phi) is 2.51. The molecule has 0 spiro atoms. The van der Waals surface area contributed by atoms with Crippen molar-refractivity contribution in [3.8, 4) is 0 Å². The molecule has 108 valence electrons. The molecule has 0 aromatic carbocycles. The molecule has 0 fully saturated rings. The third kappa shape index (κ3) is 1.66. The van der Waals surface area contributed by atoms with Gasteiger partial charge in [0.15, 0.2) is 5.78 Å². The maximum atomic E-state index is 12.5. The summed E-state index contributed by atoms with van der Waals surface area (Å²) in [5.74, 6) is 0.884. The second kappa shape index (κ2) is 4.28. The number of Topliss-reactive ketones (excluding diaryl/α,β-unsaturated/α-hetero) is 1. The van der Waals surface area contributed by atoms with E-state index >= 15 is 0 Å². The number of aromatic nitrogens is 5. The topological polar surface area (TPSA) is 77.6 Å². The van der Waals surface area contributed by atoms with Crippen LogP contribution in [0.5, 0.6) is 0 Å². The molecule has 1 aliphatic carbocycles. The van der Waals surface area contributed by atoms with Gasteiger partial charge in [0.2, 0.25) is 5.95 Å². The minimum absolute atomic E-state index is 0.193. The van der Waals surface area contributed by atoms with Gasteiger partial charge >= 0.3 is 0 Å². The molecule has 21 heavy (non-hydrogen) atoms. The van der Waals surface area contributed by atoms with Gasteiger partial charge in [-0.25, -0.2) is 4.68 Å². The number of hydrogen-bond donors (Lipinski definition) is 1. The number of allylic oxidation sites excluding steroid dienone is 2. The molecule has 2 aromatic heterocycles. The summed E-state index contributed by atoms with van der Waals surface area (Å²) < 4.78 is 3.60. The molecule has 1 N–H and O–H groups in total. The van der Waals surface area contributed by atoms with Crippen molar-refractivity contribution in [2.24, 2.45) is 7.05 Å². The Morgan fingerprint density at radius 3 is 2.95 bits per heavy atom. The van der Waals surface area contributed by atoms with Crippen LogP contribution in [0.4, 0.5) is 5.95 Å². The van der Waals surface area contributed by atoms with Crippen LogP contribution in [0, 0.1) is 6.92 Å². The summed E-state index contributed by atoms with van der Waals surface area (Å²) in [6.45, 7) is 2.01. The smallest absolute Gasteiger partial charge is 0.226 e. The number of aryl methyl sites for hydroxylation is 1. The second-order valence-corrected chi connectivity index (χ2v) is 5.53. The minimum Gasteiger partial charge on any atom is -0.328 e. The third-order valence-corrected chi connectivity index (χ3v) is 4.38. The van der Waals surface area contributed by atoms with E-state index in [1.165, 1.54) is 6.33 Å². The van der Waals surface area contributed by atoms with Gasteiger partial charge in [0, 0.05) is 36.0 Å². The number of carbonyl (C=O) groups excluding carboxylic acids is 1. The van der Waals surface area contributed by atoms with E-state index in [0.717, 1.165) is 35.4 Å². The lowest BCUT2D eigenvalue weighted by atomic mass is 9.86. The van der Waals surface area contributed by atoms with E-state index in [4.69, 9.17) is 0 Å². The van der Waals surface area contributed by atoms with Crippen LogP contribution < -0.4 is 5.32 Å². The third-order valence-electron chi connectivity index (χ3n) is 4.38. The Bertz CT molecular complexity index is 768. The Hall–Kier alpha value is -2.44. The Balaban J connectivity index is 1.95. The largest absolute Gasteiger partial charge is 0.328 e. The molecule has 3 heterocycles. The summed E-state index contributed by atoms with van der Waals surface area (Å²) in [4.78, 5) is 16.7. The van der Waals surface area contributed by atoms with E-state index in [1.807, 2.05) is 24.9 Å². The number of nitrogens with one attached hydrogen (secondary N) is 1. The molecule has 2 aliphatic rings. The SMILES string of the molecule is Cc1c(C2C3=C(CCCC3=O)Nc3ncnn32)cnn1C. The van der Waals surface area contributed by atoms with Crippen LogP contribution in [-0.4, -0.2) is 30.3 Å².